The number of hydrogen-bond acceptors (Lipinski definition) is 5. The molecule has 190 valence electrons. The maximum atomic E-state index is 13.5. The van der Waals surface area contributed by atoms with Gasteiger partial charge in [-0.3, -0.25) is 14.5 Å². The number of imide groups is 1. The molecule has 1 atom stereocenters. The fourth-order valence-electron chi connectivity index (χ4n) is 5.44. The van der Waals surface area contributed by atoms with Crippen molar-refractivity contribution in [3.8, 4) is 0 Å². The van der Waals surface area contributed by atoms with Crippen LogP contribution in [0.4, 0.5) is 4.79 Å². The Kier molecular flexibility index (Phi) is 6.36. The molecule has 9 heteroatoms. The van der Waals surface area contributed by atoms with Crippen LogP contribution in [0.1, 0.15) is 48.8 Å². The summed E-state index contributed by atoms with van der Waals surface area (Å²) in [6.45, 7) is 0.489. The Morgan fingerprint density at radius 1 is 1.11 bits per heavy atom. The predicted molar refractivity (Wildman–Crippen MR) is 134 cm³/mol. The van der Waals surface area contributed by atoms with E-state index in [1.54, 1.807) is 17.0 Å². The highest BCUT2D eigenvalue weighted by Gasteiger charge is 2.55. The van der Waals surface area contributed by atoms with Gasteiger partial charge in [-0.1, -0.05) is 55.7 Å². The molecule has 1 N–H and O–H groups in total. The lowest BCUT2D eigenvalue weighted by Gasteiger charge is -2.30. The molecule has 0 unspecified atom stereocenters. The van der Waals surface area contributed by atoms with Gasteiger partial charge in [-0.15, -0.1) is 0 Å². The fraction of sp³-hybridized carbons (Fsp3) is 0.444. The second kappa shape index (κ2) is 9.35. The molecule has 4 amide bonds. The minimum absolute atomic E-state index is 0.222. The third-order valence-electron chi connectivity index (χ3n) is 7.83. The number of benzene rings is 2. The van der Waals surface area contributed by atoms with Gasteiger partial charge in [0, 0.05) is 19.3 Å². The van der Waals surface area contributed by atoms with Crippen molar-refractivity contribution in [1.29, 1.82) is 0 Å². The van der Waals surface area contributed by atoms with Crippen molar-refractivity contribution in [1.82, 2.24) is 15.1 Å². The van der Waals surface area contributed by atoms with Crippen LogP contribution in [0.15, 0.2) is 53.4 Å². The summed E-state index contributed by atoms with van der Waals surface area (Å²) in [4.78, 5) is 42.8. The van der Waals surface area contributed by atoms with Gasteiger partial charge in [0.15, 0.2) is 9.84 Å². The van der Waals surface area contributed by atoms with E-state index in [2.05, 4.69) is 5.32 Å². The molecule has 1 heterocycles. The van der Waals surface area contributed by atoms with Gasteiger partial charge in [-0.2, -0.15) is 0 Å². The molecule has 0 radical (unpaired) electrons. The second-order valence-electron chi connectivity index (χ2n) is 10.2. The van der Waals surface area contributed by atoms with Crippen LogP contribution >= 0.6 is 0 Å². The fourth-order valence-corrected chi connectivity index (χ4v) is 6.07. The molecule has 2 fully saturated rings. The lowest BCUT2D eigenvalue weighted by molar-refractivity contribution is -0.139. The summed E-state index contributed by atoms with van der Waals surface area (Å²) in [6, 6.07) is 13.6. The molecule has 0 aromatic heterocycles. The Labute approximate surface area is 211 Å². The molecular weight excluding hydrogens is 478 g/mol. The van der Waals surface area contributed by atoms with E-state index in [1.807, 2.05) is 24.3 Å². The molecule has 8 nitrogen and oxygen atoms in total. The van der Waals surface area contributed by atoms with Crippen LogP contribution in [-0.2, 0) is 37.9 Å². The molecule has 1 spiro atoms. The third-order valence-corrected chi connectivity index (χ3v) is 8.95. The van der Waals surface area contributed by atoms with Crippen LogP contribution in [0.2, 0.25) is 0 Å². The quantitative estimate of drug-likeness (QED) is 0.551. The molecule has 1 aliphatic heterocycles. The van der Waals surface area contributed by atoms with Crippen molar-refractivity contribution < 1.29 is 22.8 Å². The molecular formula is C27H31N3O5S. The lowest BCUT2D eigenvalue weighted by Crippen LogP contribution is -2.45. The first kappa shape index (κ1) is 24.5. The van der Waals surface area contributed by atoms with E-state index >= 15 is 0 Å². The topological polar surface area (TPSA) is 104 Å². The second-order valence-corrected chi connectivity index (χ2v) is 12.2. The predicted octanol–water partition coefficient (Wildman–Crippen LogP) is 3.00. The van der Waals surface area contributed by atoms with Gasteiger partial charge in [-0.25, -0.2) is 13.2 Å². The molecule has 2 aromatic rings. The molecule has 3 aliphatic rings. The molecule has 2 aromatic carbocycles. The first-order chi connectivity index (χ1) is 17.2. The Bertz CT molecular complexity index is 1300. The molecule has 1 saturated heterocycles. The molecule has 2 aliphatic carbocycles. The summed E-state index contributed by atoms with van der Waals surface area (Å²) in [5.41, 5.74) is 1.56. The van der Waals surface area contributed by atoms with Crippen LogP contribution in [0, 0.1) is 5.92 Å². The number of carbonyl (C=O) groups excluding carboxylic acids is 3. The molecule has 0 bridgehead atoms. The SMILES string of the molecule is CS(=O)(=O)c1ccc(CN(CCC2CCC2)C(=O)CN2C(=O)N[C@]3(CCc4ccccc43)C2=O)cc1. The van der Waals surface area contributed by atoms with Crippen LogP contribution in [0.5, 0.6) is 0 Å². The first-order valence-electron chi connectivity index (χ1n) is 12.5. The van der Waals surface area contributed by atoms with Gasteiger partial charge in [0.25, 0.3) is 5.91 Å². The van der Waals surface area contributed by atoms with Gasteiger partial charge in [0.2, 0.25) is 5.91 Å². The largest absolute Gasteiger partial charge is 0.337 e. The van der Waals surface area contributed by atoms with E-state index in [4.69, 9.17) is 0 Å². The van der Waals surface area contributed by atoms with E-state index in [1.165, 1.54) is 18.6 Å². The van der Waals surface area contributed by atoms with Crippen molar-refractivity contribution in [2.24, 2.45) is 5.92 Å². The number of fused-ring (bicyclic) bond motifs is 2. The van der Waals surface area contributed by atoms with Gasteiger partial charge < -0.3 is 10.2 Å². The number of carbonyl (C=O) groups is 3. The van der Waals surface area contributed by atoms with E-state index in [0.29, 0.717) is 25.3 Å². The first-order valence-corrected chi connectivity index (χ1v) is 14.4. The van der Waals surface area contributed by atoms with E-state index in [0.717, 1.165) is 47.1 Å². The number of hydrogen-bond donors (Lipinski definition) is 1. The number of urea groups is 1. The zero-order chi connectivity index (χ0) is 25.5. The normalized spacial score (nSPS) is 21.4. The van der Waals surface area contributed by atoms with Gasteiger partial charge in [-0.05, 0) is 54.0 Å². The minimum Gasteiger partial charge on any atom is -0.337 e. The highest BCUT2D eigenvalue weighted by atomic mass is 32.2. The average Bonchev–Trinajstić information content (AvgIpc) is 3.30. The molecule has 36 heavy (non-hydrogen) atoms. The summed E-state index contributed by atoms with van der Waals surface area (Å²) in [5, 5.41) is 2.88. The highest BCUT2D eigenvalue weighted by Crippen LogP contribution is 2.41. The van der Waals surface area contributed by atoms with Crippen LogP contribution in [-0.4, -0.2) is 55.4 Å². The third kappa shape index (κ3) is 4.52. The van der Waals surface area contributed by atoms with Gasteiger partial charge in [0.05, 0.1) is 4.90 Å². The van der Waals surface area contributed by atoms with Crippen molar-refractivity contribution >= 4 is 27.7 Å². The summed E-state index contributed by atoms with van der Waals surface area (Å²) < 4.78 is 23.6. The smallest absolute Gasteiger partial charge is 0.325 e. The van der Waals surface area contributed by atoms with Gasteiger partial charge >= 0.3 is 6.03 Å². The standard InChI is InChI=1S/C27H31N3O5S/c1-36(34,35)22-11-9-20(10-12-22)17-29(16-14-19-5-4-6-19)24(31)18-30-25(32)27(28-26(30)33)15-13-21-7-2-3-8-23(21)27/h2-3,7-12,19H,4-6,13-18H2,1H3,(H,28,33)/t27-/m0/s1. The van der Waals surface area contributed by atoms with Crippen molar-refractivity contribution in [2.75, 3.05) is 19.3 Å². The number of nitrogens with zero attached hydrogens (tertiary/aromatic N) is 2. The monoisotopic (exact) mass is 509 g/mol. The number of aryl methyl sites for hydroxylation is 1. The zero-order valence-electron chi connectivity index (χ0n) is 20.4. The van der Waals surface area contributed by atoms with Crippen molar-refractivity contribution in [3.63, 3.8) is 0 Å². The number of amides is 4. The number of nitrogens with one attached hydrogen (secondary N) is 1. The minimum atomic E-state index is -3.31. The number of sulfone groups is 1. The zero-order valence-corrected chi connectivity index (χ0v) is 21.2. The van der Waals surface area contributed by atoms with Crippen LogP contribution in [0.25, 0.3) is 0 Å². The van der Waals surface area contributed by atoms with Gasteiger partial charge in [0.1, 0.15) is 12.1 Å². The summed E-state index contributed by atoms with van der Waals surface area (Å²) >= 11 is 0. The number of rotatable bonds is 8. The van der Waals surface area contributed by atoms with Crippen molar-refractivity contribution in [2.45, 2.75) is 55.5 Å². The van der Waals surface area contributed by atoms with E-state index in [9.17, 15) is 22.8 Å². The van der Waals surface area contributed by atoms with Crippen LogP contribution < -0.4 is 5.32 Å². The maximum Gasteiger partial charge on any atom is 0.325 e. The summed E-state index contributed by atoms with van der Waals surface area (Å²) in [5.74, 6) is -0.0847. The Morgan fingerprint density at radius 3 is 2.50 bits per heavy atom. The van der Waals surface area contributed by atoms with Crippen molar-refractivity contribution in [3.05, 3.63) is 65.2 Å². The molecule has 5 rings (SSSR count). The Balaban J connectivity index is 1.32. The highest BCUT2D eigenvalue weighted by molar-refractivity contribution is 7.90. The van der Waals surface area contributed by atoms with Crippen LogP contribution in [0.3, 0.4) is 0 Å². The molecule has 1 saturated carbocycles. The Morgan fingerprint density at radius 2 is 1.83 bits per heavy atom. The lowest BCUT2D eigenvalue weighted by atomic mass is 9.83. The van der Waals surface area contributed by atoms with E-state index < -0.39 is 21.4 Å². The summed E-state index contributed by atoms with van der Waals surface area (Å²) in [7, 11) is -3.31. The maximum absolute atomic E-state index is 13.5. The Hall–Kier alpha value is -3.20. The van der Waals surface area contributed by atoms with E-state index in [-0.39, 0.29) is 29.8 Å². The summed E-state index contributed by atoms with van der Waals surface area (Å²) in [6.07, 6.45) is 6.72. The average molecular weight is 510 g/mol.